The second-order valence-corrected chi connectivity index (χ2v) is 7.68. The first-order chi connectivity index (χ1) is 12.3. The average molecular weight is 395 g/mol. The van der Waals surface area contributed by atoms with E-state index in [0.717, 1.165) is 18.7 Å². The zero-order valence-corrected chi connectivity index (χ0v) is 16.3. The molecule has 2 aromatic carbocycles. The van der Waals surface area contributed by atoms with Crippen LogP contribution in [0.5, 0.6) is 0 Å². The molecule has 1 fully saturated rings. The molecule has 6 heteroatoms. The number of amides is 1. The molecule has 0 aliphatic carbocycles. The van der Waals surface area contributed by atoms with Crippen molar-refractivity contribution in [2.75, 3.05) is 13.1 Å². The fraction of sp³-hybridized carbons (Fsp3) is 0.350. The minimum atomic E-state index is -0.232. The maximum absolute atomic E-state index is 13.1. The molecule has 0 bridgehead atoms. The number of carbonyl (C=O) groups is 1. The van der Waals surface area contributed by atoms with Gasteiger partial charge in [-0.25, -0.2) is 4.39 Å². The lowest BCUT2D eigenvalue weighted by Crippen LogP contribution is -2.57. The highest BCUT2D eigenvalue weighted by Crippen LogP contribution is 2.25. The van der Waals surface area contributed by atoms with Gasteiger partial charge in [-0.3, -0.25) is 9.69 Å². The lowest BCUT2D eigenvalue weighted by Gasteiger charge is -2.44. The van der Waals surface area contributed by atoms with Gasteiger partial charge in [-0.2, -0.15) is 0 Å². The number of hydrogen-bond acceptors (Lipinski definition) is 2. The van der Waals surface area contributed by atoms with Crippen molar-refractivity contribution in [1.82, 2.24) is 9.80 Å². The largest absolute Gasteiger partial charge is 0.333 e. The molecule has 26 heavy (non-hydrogen) atoms. The van der Waals surface area contributed by atoms with E-state index in [9.17, 15) is 9.18 Å². The summed E-state index contributed by atoms with van der Waals surface area (Å²) in [5.74, 6) is -0.331. The molecule has 1 aliphatic rings. The molecule has 2 atom stereocenters. The Balaban J connectivity index is 1.72. The predicted molar refractivity (Wildman–Crippen MR) is 103 cm³/mol. The van der Waals surface area contributed by atoms with Crippen molar-refractivity contribution in [2.45, 2.75) is 32.5 Å². The van der Waals surface area contributed by atoms with E-state index < -0.39 is 0 Å². The topological polar surface area (TPSA) is 23.6 Å². The molecule has 1 amide bonds. The molecule has 2 aromatic rings. The van der Waals surface area contributed by atoms with Gasteiger partial charge in [0.25, 0.3) is 5.91 Å². The third kappa shape index (κ3) is 4.20. The molecule has 0 N–H and O–H groups in total. The predicted octanol–water partition coefficient (Wildman–Crippen LogP) is 4.87. The Labute approximate surface area is 163 Å². The van der Waals surface area contributed by atoms with Crippen molar-refractivity contribution < 1.29 is 9.18 Å². The molecule has 0 unspecified atom stereocenters. The highest BCUT2D eigenvalue weighted by atomic mass is 35.5. The molecule has 0 spiro atoms. The lowest BCUT2D eigenvalue weighted by molar-refractivity contribution is 0.0291. The SMILES string of the molecule is C[C@H]1CN(C(=O)c2cc(Cl)ccc2Cl)[C@@H](C)CN1Cc1ccc(F)cc1. The summed E-state index contributed by atoms with van der Waals surface area (Å²) in [4.78, 5) is 17.1. The first kappa shape index (κ1) is 19.2. The normalized spacial score (nSPS) is 21.0. The fourth-order valence-electron chi connectivity index (χ4n) is 3.34. The van der Waals surface area contributed by atoms with E-state index in [0.29, 0.717) is 22.2 Å². The van der Waals surface area contributed by atoms with Crippen LogP contribution in [0.3, 0.4) is 0 Å². The van der Waals surface area contributed by atoms with Crippen LogP contribution in [0.2, 0.25) is 10.0 Å². The Bertz CT molecular complexity index is 797. The van der Waals surface area contributed by atoms with Crippen LogP contribution in [-0.2, 0) is 6.54 Å². The number of rotatable bonds is 3. The van der Waals surface area contributed by atoms with Crippen molar-refractivity contribution in [3.05, 3.63) is 69.5 Å². The van der Waals surface area contributed by atoms with Crippen LogP contribution < -0.4 is 0 Å². The van der Waals surface area contributed by atoms with Crippen LogP contribution in [0.15, 0.2) is 42.5 Å². The van der Waals surface area contributed by atoms with Crippen LogP contribution in [0.25, 0.3) is 0 Å². The number of piperazine rings is 1. The van der Waals surface area contributed by atoms with E-state index in [2.05, 4.69) is 11.8 Å². The Morgan fingerprint density at radius 1 is 1.08 bits per heavy atom. The number of hydrogen-bond donors (Lipinski definition) is 0. The first-order valence-corrected chi connectivity index (χ1v) is 9.35. The summed E-state index contributed by atoms with van der Waals surface area (Å²) in [5.41, 5.74) is 1.49. The summed E-state index contributed by atoms with van der Waals surface area (Å²) < 4.78 is 13.1. The van der Waals surface area contributed by atoms with E-state index in [1.165, 1.54) is 12.1 Å². The summed E-state index contributed by atoms with van der Waals surface area (Å²) >= 11 is 12.2. The van der Waals surface area contributed by atoms with Gasteiger partial charge in [-0.15, -0.1) is 0 Å². The third-order valence-corrected chi connectivity index (χ3v) is 5.40. The van der Waals surface area contributed by atoms with Gasteiger partial charge in [0, 0.05) is 36.7 Å². The van der Waals surface area contributed by atoms with E-state index in [1.807, 2.05) is 11.8 Å². The molecule has 1 saturated heterocycles. The standard InChI is InChI=1S/C20H21Cl2FN2O/c1-13-11-25(20(26)18-9-16(21)5-8-19(18)22)14(2)10-24(13)12-15-3-6-17(23)7-4-15/h3-9,13-14H,10-12H2,1-2H3/t13-,14-/m0/s1. The molecular formula is C20H21Cl2FN2O. The molecule has 0 aromatic heterocycles. The summed E-state index contributed by atoms with van der Waals surface area (Å²) in [5, 5.41) is 0.904. The number of carbonyl (C=O) groups excluding carboxylic acids is 1. The zero-order chi connectivity index (χ0) is 18.8. The third-order valence-electron chi connectivity index (χ3n) is 4.83. The van der Waals surface area contributed by atoms with Crippen molar-refractivity contribution in [2.24, 2.45) is 0 Å². The monoisotopic (exact) mass is 394 g/mol. The van der Waals surface area contributed by atoms with E-state index in [-0.39, 0.29) is 23.8 Å². The average Bonchev–Trinajstić information content (AvgIpc) is 2.61. The molecule has 3 nitrogen and oxygen atoms in total. The van der Waals surface area contributed by atoms with Crippen molar-refractivity contribution in [3.8, 4) is 0 Å². The van der Waals surface area contributed by atoms with Crippen LogP contribution in [0.4, 0.5) is 4.39 Å². The maximum Gasteiger partial charge on any atom is 0.255 e. The van der Waals surface area contributed by atoms with Crippen LogP contribution in [0.1, 0.15) is 29.8 Å². The molecule has 0 saturated carbocycles. The van der Waals surface area contributed by atoms with Gasteiger partial charge in [-0.1, -0.05) is 35.3 Å². The zero-order valence-electron chi connectivity index (χ0n) is 14.8. The smallest absolute Gasteiger partial charge is 0.255 e. The second kappa shape index (κ2) is 7.95. The molecule has 0 radical (unpaired) electrons. The second-order valence-electron chi connectivity index (χ2n) is 6.84. The Morgan fingerprint density at radius 3 is 2.46 bits per heavy atom. The summed E-state index contributed by atoms with van der Waals surface area (Å²) in [7, 11) is 0. The van der Waals surface area contributed by atoms with E-state index in [1.54, 1.807) is 30.3 Å². The molecule has 3 rings (SSSR count). The fourth-order valence-corrected chi connectivity index (χ4v) is 3.71. The summed E-state index contributed by atoms with van der Waals surface area (Å²) in [6, 6.07) is 11.7. The minimum absolute atomic E-state index is 0.0363. The summed E-state index contributed by atoms with van der Waals surface area (Å²) in [6.07, 6.45) is 0. The summed E-state index contributed by atoms with van der Waals surface area (Å²) in [6.45, 7) is 6.19. The maximum atomic E-state index is 13.1. The van der Waals surface area contributed by atoms with Gasteiger partial charge in [0.05, 0.1) is 10.6 Å². The Kier molecular flexibility index (Phi) is 5.86. The lowest BCUT2D eigenvalue weighted by atomic mass is 10.0. The first-order valence-electron chi connectivity index (χ1n) is 8.59. The van der Waals surface area contributed by atoms with Crippen molar-refractivity contribution in [1.29, 1.82) is 0 Å². The van der Waals surface area contributed by atoms with Gasteiger partial charge in [0.2, 0.25) is 0 Å². The van der Waals surface area contributed by atoms with Crippen LogP contribution in [0, 0.1) is 5.82 Å². The van der Waals surface area contributed by atoms with E-state index >= 15 is 0 Å². The van der Waals surface area contributed by atoms with Gasteiger partial charge < -0.3 is 4.90 Å². The molecule has 138 valence electrons. The van der Waals surface area contributed by atoms with Gasteiger partial charge in [0.1, 0.15) is 5.82 Å². The number of nitrogens with zero attached hydrogens (tertiary/aromatic N) is 2. The number of benzene rings is 2. The molecular weight excluding hydrogens is 374 g/mol. The van der Waals surface area contributed by atoms with Gasteiger partial charge >= 0.3 is 0 Å². The highest BCUT2D eigenvalue weighted by molar-refractivity contribution is 6.35. The van der Waals surface area contributed by atoms with Crippen molar-refractivity contribution >= 4 is 29.1 Å². The number of halogens is 3. The van der Waals surface area contributed by atoms with Gasteiger partial charge in [-0.05, 0) is 49.7 Å². The molecule has 1 aliphatic heterocycles. The van der Waals surface area contributed by atoms with E-state index in [4.69, 9.17) is 23.2 Å². The highest BCUT2D eigenvalue weighted by Gasteiger charge is 2.33. The Hall–Kier alpha value is -1.62. The quantitative estimate of drug-likeness (QED) is 0.741. The Morgan fingerprint density at radius 2 is 1.77 bits per heavy atom. The van der Waals surface area contributed by atoms with Crippen LogP contribution >= 0.6 is 23.2 Å². The molecule has 1 heterocycles. The van der Waals surface area contributed by atoms with Crippen molar-refractivity contribution in [3.63, 3.8) is 0 Å². The van der Waals surface area contributed by atoms with Crippen LogP contribution in [-0.4, -0.2) is 40.9 Å². The van der Waals surface area contributed by atoms with Gasteiger partial charge in [0.15, 0.2) is 0 Å². The minimum Gasteiger partial charge on any atom is -0.333 e.